The maximum absolute atomic E-state index is 6.32. The van der Waals surface area contributed by atoms with Crippen LogP contribution in [0.3, 0.4) is 0 Å². The van der Waals surface area contributed by atoms with Crippen LogP contribution in [-0.2, 0) is 0 Å². The van der Waals surface area contributed by atoms with E-state index in [9.17, 15) is 0 Å². The molecule has 0 radical (unpaired) electrons. The number of hydrogen-bond acceptors (Lipinski definition) is 1. The van der Waals surface area contributed by atoms with Crippen LogP contribution < -0.4 is 5.73 Å². The van der Waals surface area contributed by atoms with Gasteiger partial charge in [0.05, 0.1) is 0 Å². The number of benzene rings is 1. The Morgan fingerprint density at radius 2 is 1.81 bits per heavy atom. The van der Waals surface area contributed by atoms with Crippen LogP contribution in [0.15, 0.2) is 18.2 Å². The van der Waals surface area contributed by atoms with Gasteiger partial charge < -0.3 is 5.73 Å². The fourth-order valence-electron chi connectivity index (χ4n) is 2.96. The highest BCUT2D eigenvalue weighted by Gasteiger charge is 2.22. The molecule has 1 aliphatic rings. The molecule has 0 aliphatic heterocycles. The van der Waals surface area contributed by atoms with Crippen LogP contribution in [0, 0.1) is 13.8 Å². The van der Waals surface area contributed by atoms with Crippen molar-refractivity contribution in [2.75, 3.05) is 0 Å². The normalized spacial score (nSPS) is 26.4. The van der Waals surface area contributed by atoms with E-state index in [0.29, 0.717) is 12.0 Å². The van der Waals surface area contributed by atoms with Gasteiger partial charge in [-0.25, -0.2) is 0 Å². The van der Waals surface area contributed by atoms with Crippen molar-refractivity contribution in [3.8, 4) is 0 Å². The zero-order chi connectivity index (χ0) is 11.5. The minimum atomic E-state index is 0.365. The van der Waals surface area contributed by atoms with Crippen LogP contribution in [0.1, 0.15) is 54.7 Å². The molecule has 0 saturated heterocycles. The minimum absolute atomic E-state index is 0.365. The molecule has 1 fully saturated rings. The van der Waals surface area contributed by atoms with Gasteiger partial charge in [-0.2, -0.15) is 0 Å². The third-order valence-electron chi connectivity index (χ3n) is 3.89. The van der Waals surface area contributed by atoms with Crippen molar-refractivity contribution >= 4 is 0 Å². The molecule has 0 aromatic heterocycles. The van der Waals surface area contributed by atoms with Crippen molar-refractivity contribution in [1.29, 1.82) is 0 Å². The zero-order valence-electron chi connectivity index (χ0n) is 10.5. The number of aryl methyl sites for hydroxylation is 2. The maximum Gasteiger partial charge on any atom is 0.0108 e. The van der Waals surface area contributed by atoms with E-state index in [2.05, 4.69) is 32.0 Å². The van der Waals surface area contributed by atoms with E-state index in [1.54, 1.807) is 0 Å². The number of hydrogen-bond donors (Lipinski definition) is 1. The Hall–Kier alpha value is -0.820. The first-order chi connectivity index (χ1) is 7.68. The first-order valence-corrected chi connectivity index (χ1v) is 6.51. The molecule has 16 heavy (non-hydrogen) atoms. The zero-order valence-corrected chi connectivity index (χ0v) is 10.5. The third kappa shape index (κ3) is 2.46. The second kappa shape index (κ2) is 5.01. The Morgan fingerprint density at radius 3 is 2.56 bits per heavy atom. The molecule has 1 heteroatoms. The first-order valence-electron chi connectivity index (χ1n) is 6.51. The Morgan fingerprint density at radius 1 is 1.06 bits per heavy atom. The molecule has 0 heterocycles. The van der Waals surface area contributed by atoms with Gasteiger partial charge in [0, 0.05) is 6.04 Å². The summed E-state index contributed by atoms with van der Waals surface area (Å²) in [5, 5.41) is 0. The van der Waals surface area contributed by atoms with E-state index >= 15 is 0 Å². The van der Waals surface area contributed by atoms with Gasteiger partial charge in [-0.15, -0.1) is 0 Å². The lowest BCUT2D eigenvalue weighted by atomic mass is 9.85. The van der Waals surface area contributed by atoms with E-state index < -0.39 is 0 Å². The lowest BCUT2D eigenvalue weighted by Gasteiger charge is -2.23. The van der Waals surface area contributed by atoms with Crippen LogP contribution in [-0.4, -0.2) is 6.04 Å². The largest absolute Gasteiger partial charge is 0.327 e. The number of nitrogens with two attached hydrogens (primary N) is 1. The summed E-state index contributed by atoms with van der Waals surface area (Å²) in [7, 11) is 0. The van der Waals surface area contributed by atoms with Gasteiger partial charge in [-0.3, -0.25) is 0 Å². The SMILES string of the molecule is Cc1ccc(C2CCCCCC2N)c(C)c1. The van der Waals surface area contributed by atoms with Gasteiger partial charge in [-0.1, -0.05) is 43.0 Å². The highest BCUT2D eigenvalue weighted by molar-refractivity contribution is 5.34. The van der Waals surface area contributed by atoms with Gasteiger partial charge in [0.15, 0.2) is 0 Å². The minimum Gasteiger partial charge on any atom is -0.327 e. The second-order valence-corrected chi connectivity index (χ2v) is 5.27. The van der Waals surface area contributed by atoms with Crippen LogP contribution in [0.25, 0.3) is 0 Å². The van der Waals surface area contributed by atoms with Gasteiger partial charge in [-0.05, 0) is 43.7 Å². The van der Waals surface area contributed by atoms with Crippen LogP contribution in [0.5, 0.6) is 0 Å². The Bertz CT molecular complexity index is 356. The third-order valence-corrected chi connectivity index (χ3v) is 3.89. The van der Waals surface area contributed by atoms with Gasteiger partial charge in [0.25, 0.3) is 0 Å². The molecule has 88 valence electrons. The molecule has 1 nitrogen and oxygen atoms in total. The molecule has 1 aliphatic carbocycles. The molecule has 2 unspecified atom stereocenters. The smallest absolute Gasteiger partial charge is 0.0108 e. The van der Waals surface area contributed by atoms with Crippen molar-refractivity contribution < 1.29 is 0 Å². The summed E-state index contributed by atoms with van der Waals surface area (Å²) in [5.74, 6) is 0.586. The van der Waals surface area contributed by atoms with E-state index in [-0.39, 0.29) is 0 Å². The molecule has 1 saturated carbocycles. The summed E-state index contributed by atoms with van der Waals surface area (Å²) < 4.78 is 0. The highest BCUT2D eigenvalue weighted by atomic mass is 14.7. The fourth-order valence-corrected chi connectivity index (χ4v) is 2.96. The predicted octanol–water partition coefficient (Wildman–Crippen LogP) is 3.68. The quantitative estimate of drug-likeness (QED) is 0.713. The van der Waals surface area contributed by atoms with Crippen molar-refractivity contribution in [3.05, 3.63) is 34.9 Å². The molecular weight excluding hydrogens is 194 g/mol. The Balaban J connectivity index is 2.27. The maximum atomic E-state index is 6.32. The summed E-state index contributed by atoms with van der Waals surface area (Å²) >= 11 is 0. The molecule has 1 aromatic rings. The first kappa shape index (κ1) is 11.7. The molecule has 2 rings (SSSR count). The average molecular weight is 217 g/mol. The van der Waals surface area contributed by atoms with Gasteiger partial charge >= 0.3 is 0 Å². The van der Waals surface area contributed by atoms with E-state index in [1.165, 1.54) is 48.8 Å². The van der Waals surface area contributed by atoms with Gasteiger partial charge in [0.1, 0.15) is 0 Å². The Labute approximate surface area is 99.0 Å². The summed E-state index contributed by atoms with van der Waals surface area (Å²) in [5.41, 5.74) is 10.6. The van der Waals surface area contributed by atoms with Crippen LogP contribution in [0.2, 0.25) is 0 Å². The lowest BCUT2D eigenvalue weighted by Crippen LogP contribution is -2.27. The highest BCUT2D eigenvalue weighted by Crippen LogP contribution is 2.32. The standard InChI is InChI=1S/C15H23N/c1-11-8-9-13(12(2)10-11)14-6-4-3-5-7-15(14)16/h8-10,14-15H,3-7,16H2,1-2H3. The van der Waals surface area contributed by atoms with E-state index in [4.69, 9.17) is 5.73 Å². The average Bonchev–Trinajstić information content (AvgIpc) is 2.44. The molecule has 1 aromatic carbocycles. The van der Waals surface area contributed by atoms with Crippen LogP contribution >= 0.6 is 0 Å². The molecule has 2 atom stereocenters. The lowest BCUT2D eigenvalue weighted by molar-refractivity contribution is 0.503. The van der Waals surface area contributed by atoms with Crippen molar-refractivity contribution in [1.82, 2.24) is 0 Å². The van der Waals surface area contributed by atoms with Crippen LogP contribution in [0.4, 0.5) is 0 Å². The van der Waals surface area contributed by atoms with E-state index in [1.807, 2.05) is 0 Å². The Kier molecular flexibility index (Phi) is 3.65. The molecule has 0 amide bonds. The van der Waals surface area contributed by atoms with Gasteiger partial charge in [0.2, 0.25) is 0 Å². The topological polar surface area (TPSA) is 26.0 Å². The van der Waals surface area contributed by atoms with Crippen molar-refractivity contribution in [3.63, 3.8) is 0 Å². The molecule has 0 spiro atoms. The molecular formula is C15H23N. The summed E-state index contributed by atoms with van der Waals surface area (Å²) in [6.45, 7) is 4.38. The predicted molar refractivity (Wildman–Crippen MR) is 69.7 cm³/mol. The summed E-state index contributed by atoms with van der Waals surface area (Å²) in [4.78, 5) is 0. The molecule has 0 bridgehead atoms. The summed E-state index contributed by atoms with van der Waals surface area (Å²) in [6, 6.07) is 7.16. The second-order valence-electron chi connectivity index (χ2n) is 5.27. The fraction of sp³-hybridized carbons (Fsp3) is 0.600. The monoisotopic (exact) mass is 217 g/mol. The summed E-state index contributed by atoms with van der Waals surface area (Å²) in [6.07, 6.45) is 6.46. The number of rotatable bonds is 1. The van der Waals surface area contributed by atoms with E-state index in [0.717, 1.165) is 0 Å². The molecule has 2 N–H and O–H groups in total. The van der Waals surface area contributed by atoms with Crippen molar-refractivity contribution in [2.45, 2.75) is 57.9 Å². The van der Waals surface area contributed by atoms with Crippen molar-refractivity contribution in [2.24, 2.45) is 5.73 Å².